The molecule has 2 heteroatoms. The average molecular weight is 292 g/mol. The molecule has 0 aliphatic carbocycles. The summed E-state index contributed by atoms with van der Waals surface area (Å²) in [7, 11) is 0. The number of carbonyl (C=O) groups is 1. The molecule has 0 spiro atoms. The first-order valence-corrected chi connectivity index (χ1v) is 7.60. The third-order valence-corrected chi connectivity index (χ3v) is 4.17. The molecule has 1 fully saturated rings. The number of hydrogen-bond donors (Lipinski definition) is 0. The summed E-state index contributed by atoms with van der Waals surface area (Å²) in [5, 5.41) is 0. The molecule has 2 aromatic rings. The minimum absolute atomic E-state index is 0.160. The Bertz CT molecular complexity index is 643. The second-order valence-corrected chi connectivity index (χ2v) is 6.03. The van der Waals surface area contributed by atoms with Crippen molar-refractivity contribution < 1.29 is 9.53 Å². The van der Waals surface area contributed by atoms with E-state index in [1.165, 1.54) is 0 Å². The zero-order valence-electron chi connectivity index (χ0n) is 13.0. The Morgan fingerprint density at radius 3 is 1.95 bits per heavy atom. The van der Waals surface area contributed by atoms with Crippen molar-refractivity contribution in [3.63, 3.8) is 0 Å². The molecule has 0 saturated carbocycles. The van der Waals surface area contributed by atoms with Crippen LogP contribution in [0, 0.1) is 0 Å². The van der Waals surface area contributed by atoms with E-state index in [1.54, 1.807) is 0 Å². The van der Waals surface area contributed by atoms with Gasteiger partial charge in [-0.2, -0.15) is 0 Å². The Morgan fingerprint density at radius 2 is 1.50 bits per heavy atom. The van der Waals surface area contributed by atoms with Gasteiger partial charge in [0.1, 0.15) is 11.5 Å². The molecular weight excluding hydrogens is 272 g/mol. The summed E-state index contributed by atoms with van der Waals surface area (Å²) in [4.78, 5) is 12.8. The van der Waals surface area contributed by atoms with Gasteiger partial charge in [-0.05, 0) is 31.1 Å². The van der Waals surface area contributed by atoms with E-state index in [1.807, 2.05) is 80.6 Å². The van der Waals surface area contributed by atoms with E-state index >= 15 is 0 Å². The van der Waals surface area contributed by atoms with Crippen LogP contribution in [0.15, 0.2) is 72.3 Å². The normalized spacial score (nSPS) is 19.5. The summed E-state index contributed by atoms with van der Waals surface area (Å²) in [6.45, 7) is 4.05. The smallest absolute Gasteiger partial charge is 0.321 e. The van der Waals surface area contributed by atoms with Gasteiger partial charge < -0.3 is 4.74 Å². The van der Waals surface area contributed by atoms with Crippen LogP contribution in [0.2, 0.25) is 0 Å². The van der Waals surface area contributed by atoms with Gasteiger partial charge in [0.25, 0.3) is 0 Å². The van der Waals surface area contributed by atoms with Crippen molar-refractivity contribution in [3.8, 4) is 0 Å². The van der Waals surface area contributed by atoms with E-state index in [2.05, 4.69) is 0 Å². The highest BCUT2D eigenvalue weighted by molar-refractivity contribution is 5.90. The van der Waals surface area contributed by atoms with Gasteiger partial charge in [-0.1, -0.05) is 66.2 Å². The van der Waals surface area contributed by atoms with Gasteiger partial charge in [0.2, 0.25) is 0 Å². The number of benzene rings is 2. The lowest BCUT2D eigenvalue weighted by molar-refractivity contribution is -0.143. The molecule has 1 atom stereocenters. The molecule has 22 heavy (non-hydrogen) atoms. The minimum Gasteiger partial charge on any atom is -0.457 e. The molecule has 0 bridgehead atoms. The van der Waals surface area contributed by atoms with Gasteiger partial charge in [-0.25, -0.2) is 0 Å². The van der Waals surface area contributed by atoms with E-state index < -0.39 is 5.41 Å². The monoisotopic (exact) mass is 292 g/mol. The lowest BCUT2D eigenvalue weighted by atomic mass is 9.72. The van der Waals surface area contributed by atoms with Gasteiger partial charge in [0, 0.05) is 6.42 Å². The molecule has 1 saturated heterocycles. The summed E-state index contributed by atoms with van der Waals surface area (Å²) in [6.07, 6.45) is 2.51. The fraction of sp³-hybridized carbons (Fsp3) is 0.250. The van der Waals surface area contributed by atoms with E-state index in [0.29, 0.717) is 6.42 Å². The quantitative estimate of drug-likeness (QED) is 0.624. The van der Waals surface area contributed by atoms with Crippen molar-refractivity contribution in [2.24, 2.45) is 0 Å². The summed E-state index contributed by atoms with van der Waals surface area (Å²) in [5.41, 5.74) is 2.44. The fourth-order valence-corrected chi connectivity index (χ4v) is 3.21. The molecule has 1 aliphatic rings. The Balaban J connectivity index is 2.13. The first-order valence-electron chi connectivity index (χ1n) is 7.60. The second kappa shape index (κ2) is 5.80. The summed E-state index contributed by atoms with van der Waals surface area (Å²) < 4.78 is 5.68. The first kappa shape index (κ1) is 14.6. The predicted octanol–water partition coefficient (Wildman–Crippen LogP) is 4.25. The molecule has 1 heterocycles. The van der Waals surface area contributed by atoms with E-state index in [4.69, 9.17) is 4.74 Å². The zero-order valence-corrected chi connectivity index (χ0v) is 13.0. The maximum atomic E-state index is 12.8. The molecule has 112 valence electrons. The summed E-state index contributed by atoms with van der Waals surface area (Å²) in [6, 6.07) is 19.9. The standard InChI is InChI=1S/C20H20O2/c1-15(2)13-18-14-20(19(21)22-18,16-9-5-3-6-10-16)17-11-7-4-8-12-17/h3-13,18H,14H2,1-2H3. The summed E-state index contributed by atoms with van der Waals surface area (Å²) >= 11 is 0. The van der Waals surface area contributed by atoms with Gasteiger partial charge in [-0.15, -0.1) is 0 Å². The van der Waals surface area contributed by atoms with E-state index in [9.17, 15) is 4.79 Å². The van der Waals surface area contributed by atoms with Gasteiger partial charge in [-0.3, -0.25) is 4.79 Å². The maximum absolute atomic E-state index is 12.8. The predicted molar refractivity (Wildman–Crippen MR) is 87.6 cm³/mol. The van der Waals surface area contributed by atoms with E-state index in [-0.39, 0.29) is 12.1 Å². The SMILES string of the molecule is CC(C)=CC1CC(c2ccccc2)(c2ccccc2)C(=O)O1. The van der Waals surface area contributed by atoms with Crippen LogP contribution in [0.25, 0.3) is 0 Å². The highest BCUT2D eigenvalue weighted by atomic mass is 16.6. The van der Waals surface area contributed by atoms with Crippen LogP contribution in [0.4, 0.5) is 0 Å². The van der Waals surface area contributed by atoms with Crippen LogP contribution in [0.3, 0.4) is 0 Å². The van der Waals surface area contributed by atoms with Gasteiger partial charge in [0.05, 0.1) is 0 Å². The molecule has 0 aromatic heterocycles. The Morgan fingerprint density at radius 1 is 1.00 bits per heavy atom. The number of rotatable bonds is 3. The molecule has 1 aliphatic heterocycles. The summed E-state index contributed by atoms with van der Waals surface area (Å²) in [5.74, 6) is -0.160. The van der Waals surface area contributed by atoms with Crippen LogP contribution in [-0.4, -0.2) is 12.1 Å². The molecule has 2 aromatic carbocycles. The van der Waals surface area contributed by atoms with Crippen molar-refractivity contribution in [2.45, 2.75) is 31.8 Å². The van der Waals surface area contributed by atoms with Crippen molar-refractivity contribution >= 4 is 5.97 Å². The molecule has 0 amide bonds. The minimum atomic E-state index is -0.709. The number of esters is 1. The first-order chi connectivity index (χ1) is 10.6. The van der Waals surface area contributed by atoms with Crippen molar-refractivity contribution in [2.75, 3.05) is 0 Å². The number of allylic oxidation sites excluding steroid dienone is 1. The van der Waals surface area contributed by atoms with Gasteiger partial charge >= 0.3 is 5.97 Å². The molecule has 3 rings (SSSR count). The number of ether oxygens (including phenoxy) is 1. The average Bonchev–Trinajstić information content (AvgIpc) is 2.85. The number of hydrogen-bond acceptors (Lipinski definition) is 2. The number of carbonyl (C=O) groups excluding carboxylic acids is 1. The van der Waals surface area contributed by atoms with Crippen LogP contribution < -0.4 is 0 Å². The van der Waals surface area contributed by atoms with Crippen molar-refractivity contribution in [1.82, 2.24) is 0 Å². The van der Waals surface area contributed by atoms with Crippen LogP contribution in [0.5, 0.6) is 0 Å². The highest BCUT2D eigenvalue weighted by Crippen LogP contribution is 2.43. The lowest BCUT2D eigenvalue weighted by Crippen LogP contribution is -2.32. The maximum Gasteiger partial charge on any atom is 0.321 e. The third kappa shape index (κ3) is 2.45. The van der Waals surface area contributed by atoms with Crippen LogP contribution >= 0.6 is 0 Å². The molecule has 1 unspecified atom stereocenters. The van der Waals surface area contributed by atoms with Crippen molar-refractivity contribution in [3.05, 3.63) is 83.4 Å². The molecule has 0 N–H and O–H groups in total. The molecule has 0 radical (unpaired) electrons. The Kier molecular flexibility index (Phi) is 3.84. The highest BCUT2D eigenvalue weighted by Gasteiger charge is 2.50. The van der Waals surface area contributed by atoms with Gasteiger partial charge in [0.15, 0.2) is 0 Å². The van der Waals surface area contributed by atoms with Crippen LogP contribution in [0.1, 0.15) is 31.4 Å². The van der Waals surface area contributed by atoms with Crippen LogP contribution in [-0.2, 0) is 14.9 Å². The zero-order chi connectivity index (χ0) is 15.6. The Labute approximate surface area is 131 Å². The second-order valence-electron chi connectivity index (χ2n) is 6.03. The third-order valence-electron chi connectivity index (χ3n) is 4.17. The largest absolute Gasteiger partial charge is 0.457 e. The number of cyclic esters (lactones) is 1. The fourth-order valence-electron chi connectivity index (χ4n) is 3.21. The lowest BCUT2D eigenvalue weighted by Gasteiger charge is -2.26. The molecule has 2 nitrogen and oxygen atoms in total. The van der Waals surface area contributed by atoms with E-state index in [0.717, 1.165) is 16.7 Å². The topological polar surface area (TPSA) is 26.3 Å². The molecular formula is C20H20O2. The van der Waals surface area contributed by atoms with Crippen molar-refractivity contribution in [1.29, 1.82) is 0 Å². The Hall–Kier alpha value is -2.35.